The first-order valence-electron chi connectivity index (χ1n) is 13.6. The average molecular weight is 519 g/mol. The molecule has 1 unspecified atom stereocenters. The first kappa shape index (κ1) is 27.4. The number of pyridine rings is 1. The summed E-state index contributed by atoms with van der Waals surface area (Å²) in [7, 11) is 1.65. The Kier molecular flexibility index (Phi) is 9.21. The van der Waals surface area contributed by atoms with E-state index in [2.05, 4.69) is 23.2 Å². The molecular formula is C31H38N2O5. The number of hydrogen-bond acceptors (Lipinski definition) is 6. The molecule has 0 aliphatic heterocycles. The van der Waals surface area contributed by atoms with Crippen molar-refractivity contribution in [1.29, 1.82) is 0 Å². The van der Waals surface area contributed by atoms with Crippen LogP contribution in [0, 0.1) is 5.92 Å². The van der Waals surface area contributed by atoms with Gasteiger partial charge in [0.2, 0.25) is 11.8 Å². The maximum absolute atomic E-state index is 13.0. The normalized spacial score (nSPS) is 16.8. The Labute approximate surface area is 225 Å². The fourth-order valence-electron chi connectivity index (χ4n) is 4.87. The molecule has 7 heteroatoms. The molecule has 1 heterocycles. The van der Waals surface area contributed by atoms with Gasteiger partial charge >= 0.3 is 5.97 Å². The van der Waals surface area contributed by atoms with Crippen LogP contribution < -0.4 is 9.47 Å². The number of allylic oxidation sites excluding steroid dienone is 2. The summed E-state index contributed by atoms with van der Waals surface area (Å²) in [6.45, 7) is 7.87. The number of nitrogens with zero attached hydrogens (tertiary/aromatic N) is 2. The Hall–Kier alpha value is -3.61. The second-order valence-electron chi connectivity index (χ2n) is 9.66. The van der Waals surface area contributed by atoms with E-state index in [0.29, 0.717) is 32.2 Å². The predicted molar refractivity (Wildman–Crippen MR) is 147 cm³/mol. The third-order valence-electron chi connectivity index (χ3n) is 6.99. The number of amides is 1. The van der Waals surface area contributed by atoms with Gasteiger partial charge in [-0.1, -0.05) is 24.3 Å². The third kappa shape index (κ3) is 6.63. The number of esters is 1. The van der Waals surface area contributed by atoms with E-state index in [4.69, 9.17) is 14.2 Å². The molecule has 0 spiro atoms. The molecule has 1 aromatic carbocycles. The Morgan fingerprint density at radius 1 is 1.08 bits per heavy atom. The van der Waals surface area contributed by atoms with E-state index in [0.717, 1.165) is 52.8 Å². The summed E-state index contributed by atoms with van der Waals surface area (Å²) >= 11 is 0. The van der Waals surface area contributed by atoms with Gasteiger partial charge in [-0.25, -0.2) is 4.98 Å². The highest BCUT2D eigenvalue weighted by Crippen LogP contribution is 2.40. The molecule has 0 N–H and O–H groups in total. The zero-order valence-corrected chi connectivity index (χ0v) is 22.9. The fourth-order valence-corrected chi connectivity index (χ4v) is 4.87. The molecule has 4 rings (SSSR count). The smallest absolute Gasteiger partial charge is 0.310 e. The fraction of sp³-hybridized carbons (Fsp3) is 0.452. The van der Waals surface area contributed by atoms with Crippen molar-refractivity contribution in [2.24, 2.45) is 5.92 Å². The average Bonchev–Trinajstić information content (AvgIpc) is 3.78. The molecule has 38 heavy (non-hydrogen) atoms. The lowest BCUT2D eigenvalue weighted by Gasteiger charge is -2.29. The van der Waals surface area contributed by atoms with E-state index >= 15 is 0 Å². The van der Waals surface area contributed by atoms with Gasteiger partial charge in [-0.2, -0.15) is 0 Å². The summed E-state index contributed by atoms with van der Waals surface area (Å²) in [4.78, 5) is 31.6. The summed E-state index contributed by atoms with van der Waals surface area (Å²) in [6, 6.07) is 9.77. The van der Waals surface area contributed by atoms with Gasteiger partial charge < -0.3 is 19.1 Å². The van der Waals surface area contributed by atoms with Crippen LogP contribution in [0.15, 0.2) is 54.3 Å². The van der Waals surface area contributed by atoms with Crippen LogP contribution in [0.25, 0.3) is 5.57 Å². The maximum atomic E-state index is 13.0. The van der Waals surface area contributed by atoms with E-state index in [1.165, 1.54) is 0 Å². The van der Waals surface area contributed by atoms with Crippen molar-refractivity contribution in [1.82, 2.24) is 9.88 Å². The number of benzene rings is 1. The van der Waals surface area contributed by atoms with E-state index in [9.17, 15) is 9.59 Å². The SMILES string of the molecule is CCOC(=O)Cc1ccc(OC)c(C2=CCC(c3ccc(OCC)nc3)C=C2CN(CC)C(=O)C2CC2)c1. The van der Waals surface area contributed by atoms with Crippen LogP contribution in [0.1, 0.15) is 62.6 Å². The first-order chi connectivity index (χ1) is 18.5. The number of rotatable bonds is 12. The van der Waals surface area contributed by atoms with Gasteiger partial charge in [0, 0.05) is 42.8 Å². The minimum absolute atomic E-state index is 0.125. The van der Waals surface area contributed by atoms with Gasteiger partial charge in [-0.05, 0) is 74.4 Å². The Morgan fingerprint density at radius 2 is 1.89 bits per heavy atom. The van der Waals surface area contributed by atoms with Crippen LogP contribution in [0.4, 0.5) is 0 Å². The number of aromatic nitrogens is 1. The van der Waals surface area contributed by atoms with Crippen molar-refractivity contribution in [3.05, 3.63) is 70.9 Å². The van der Waals surface area contributed by atoms with Crippen molar-refractivity contribution in [3.8, 4) is 11.6 Å². The van der Waals surface area contributed by atoms with Gasteiger partial charge in [-0.15, -0.1) is 0 Å². The topological polar surface area (TPSA) is 78.0 Å². The molecule has 2 aliphatic carbocycles. The predicted octanol–water partition coefficient (Wildman–Crippen LogP) is 5.35. The van der Waals surface area contributed by atoms with Crippen LogP contribution in [-0.4, -0.2) is 55.2 Å². The molecule has 1 amide bonds. The Morgan fingerprint density at radius 3 is 2.53 bits per heavy atom. The van der Waals surface area contributed by atoms with Crippen molar-refractivity contribution >= 4 is 17.4 Å². The Balaban J connectivity index is 1.69. The number of ether oxygens (including phenoxy) is 3. The third-order valence-corrected chi connectivity index (χ3v) is 6.99. The monoisotopic (exact) mass is 518 g/mol. The van der Waals surface area contributed by atoms with Gasteiger partial charge in [0.05, 0.1) is 26.7 Å². The van der Waals surface area contributed by atoms with Crippen LogP contribution in [-0.2, 0) is 20.7 Å². The number of carbonyl (C=O) groups is 2. The zero-order valence-electron chi connectivity index (χ0n) is 22.9. The molecule has 0 saturated heterocycles. The largest absolute Gasteiger partial charge is 0.496 e. The van der Waals surface area contributed by atoms with E-state index in [-0.39, 0.29) is 30.1 Å². The van der Waals surface area contributed by atoms with Gasteiger partial charge in [0.15, 0.2) is 0 Å². The van der Waals surface area contributed by atoms with E-state index in [1.807, 2.05) is 49.2 Å². The number of hydrogen-bond donors (Lipinski definition) is 0. The molecule has 1 atom stereocenters. The summed E-state index contributed by atoms with van der Waals surface area (Å²) in [5.74, 6) is 1.59. The molecule has 0 bridgehead atoms. The molecule has 7 nitrogen and oxygen atoms in total. The molecule has 202 valence electrons. The number of carbonyl (C=O) groups excluding carboxylic acids is 2. The molecule has 1 fully saturated rings. The number of likely N-dealkylation sites (N-methyl/N-ethyl adjacent to an activating group) is 1. The second kappa shape index (κ2) is 12.8. The van der Waals surface area contributed by atoms with Crippen molar-refractivity contribution in [2.45, 2.75) is 52.4 Å². The van der Waals surface area contributed by atoms with Crippen LogP contribution in [0.5, 0.6) is 11.6 Å². The Bertz CT molecular complexity index is 1200. The van der Waals surface area contributed by atoms with Crippen molar-refractivity contribution in [3.63, 3.8) is 0 Å². The standard InChI is InChI=1S/C31H38N2O5/c1-5-33(31(35)22-9-10-22)20-25-18-23(24-12-15-29(32-19-24)37-6-2)11-13-26(25)27-16-21(8-14-28(27)36-4)17-30(34)38-7-3/h8,12-16,18-19,22-23H,5-7,9-11,17,20H2,1-4H3. The van der Waals surface area contributed by atoms with Gasteiger partial charge in [-0.3, -0.25) is 9.59 Å². The maximum Gasteiger partial charge on any atom is 0.310 e. The first-order valence-corrected chi connectivity index (χ1v) is 13.6. The van der Waals surface area contributed by atoms with E-state index < -0.39 is 0 Å². The minimum atomic E-state index is -0.257. The van der Waals surface area contributed by atoms with E-state index in [1.54, 1.807) is 14.0 Å². The minimum Gasteiger partial charge on any atom is -0.496 e. The second-order valence-corrected chi connectivity index (χ2v) is 9.66. The zero-order chi connectivity index (χ0) is 27.1. The molecule has 0 radical (unpaired) electrons. The molecule has 2 aromatic rings. The molecular weight excluding hydrogens is 480 g/mol. The summed E-state index contributed by atoms with van der Waals surface area (Å²) in [5.41, 5.74) is 4.97. The highest BCUT2D eigenvalue weighted by molar-refractivity contribution is 5.87. The summed E-state index contributed by atoms with van der Waals surface area (Å²) in [5, 5.41) is 0. The highest BCUT2D eigenvalue weighted by Gasteiger charge is 2.34. The van der Waals surface area contributed by atoms with Crippen LogP contribution in [0.2, 0.25) is 0 Å². The summed E-state index contributed by atoms with van der Waals surface area (Å²) in [6.07, 6.45) is 9.27. The lowest BCUT2D eigenvalue weighted by Crippen LogP contribution is -2.34. The quantitative estimate of drug-likeness (QED) is 0.353. The van der Waals surface area contributed by atoms with Crippen LogP contribution >= 0.6 is 0 Å². The van der Waals surface area contributed by atoms with Crippen molar-refractivity contribution < 1.29 is 23.8 Å². The van der Waals surface area contributed by atoms with Crippen LogP contribution in [0.3, 0.4) is 0 Å². The highest BCUT2D eigenvalue weighted by atomic mass is 16.5. The molecule has 2 aliphatic rings. The van der Waals surface area contributed by atoms with Gasteiger partial charge in [0.25, 0.3) is 0 Å². The summed E-state index contributed by atoms with van der Waals surface area (Å²) < 4.78 is 16.4. The van der Waals surface area contributed by atoms with Crippen molar-refractivity contribution in [2.75, 3.05) is 33.4 Å². The molecule has 1 aromatic heterocycles. The lowest BCUT2D eigenvalue weighted by atomic mass is 9.83. The lowest BCUT2D eigenvalue weighted by molar-refractivity contribution is -0.142. The van der Waals surface area contributed by atoms with Gasteiger partial charge in [0.1, 0.15) is 5.75 Å². The number of methoxy groups -OCH3 is 1. The molecule has 1 saturated carbocycles.